The Hall–Kier alpha value is -4.22. The Morgan fingerprint density at radius 1 is 0.364 bits per heavy atom. The Bertz CT molecular complexity index is 1450. The first-order valence-electron chi connectivity index (χ1n) is 26.4. The predicted octanol–water partition coefficient (Wildman–Crippen LogP) is 18.1. The van der Waals surface area contributed by atoms with Gasteiger partial charge in [0.15, 0.2) is 6.10 Å². The number of allylic oxidation sites excluding steroid dienone is 23. The molecule has 0 aliphatic carbocycles. The molecule has 370 valence electrons. The molecule has 0 aliphatic heterocycles. The van der Waals surface area contributed by atoms with Crippen molar-refractivity contribution in [2.45, 2.75) is 207 Å². The molecule has 0 bridgehead atoms. The Morgan fingerprint density at radius 2 is 0.727 bits per heavy atom. The summed E-state index contributed by atoms with van der Waals surface area (Å²) in [5.74, 6) is -0.589. The Balaban J connectivity index is 4.51. The number of rotatable bonds is 46. The highest BCUT2D eigenvalue weighted by atomic mass is 16.6. The Labute approximate surface area is 406 Å². The first-order chi connectivity index (χ1) is 32.6. The van der Waals surface area contributed by atoms with Crippen LogP contribution in [0.15, 0.2) is 146 Å². The molecule has 0 aliphatic rings. The van der Waals surface area contributed by atoms with E-state index in [9.17, 15) is 9.59 Å². The van der Waals surface area contributed by atoms with Gasteiger partial charge in [-0.3, -0.25) is 9.59 Å². The second kappa shape index (κ2) is 55.1. The highest BCUT2D eigenvalue weighted by Gasteiger charge is 2.17. The average Bonchev–Trinajstić information content (AvgIpc) is 3.32. The summed E-state index contributed by atoms with van der Waals surface area (Å²) in [7, 11) is 0. The molecule has 5 nitrogen and oxygen atoms in total. The number of carbonyl (C=O) groups excluding carboxylic acids is 2. The van der Waals surface area contributed by atoms with Crippen LogP contribution in [0.25, 0.3) is 0 Å². The standard InChI is InChI=1S/C61H96O5/c1-4-7-10-13-16-19-22-25-28-30-32-35-38-41-44-47-50-53-56-64-57-59(66-61(63)55-52-49-46-43-40-37-33-27-24-21-18-15-12-9-6-3)58-65-60(62)54-51-48-45-42-39-36-34-31-29-26-23-20-17-14-11-8-5-2/h7,9-10,12,16-21,25-29,32-33,35,40-41,43-44,49,52,59H,4-6,8,11,13-15,22-24,30-31,34,36-39,42,45-48,50-51,53-58H2,1-3H3/b10-7-,12-9-,19-16-,20-17-,21-18-,28-25-,29-26-,33-27-,35-32-,43-40-,44-41-,52-49-. The summed E-state index contributed by atoms with van der Waals surface area (Å²) in [6.07, 6.45) is 80.3. The van der Waals surface area contributed by atoms with Gasteiger partial charge in [0, 0.05) is 13.0 Å². The second-order valence-electron chi connectivity index (χ2n) is 16.7. The molecule has 0 heterocycles. The molecule has 1 unspecified atom stereocenters. The fourth-order valence-corrected chi connectivity index (χ4v) is 6.52. The second-order valence-corrected chi connectivity index (χ2v) is 16.7. The van der Waals surface area contributed by atoms with Gasteiger partial charge in [-0.05, 0) is 122 Å². The number of carbonyl (C=O) groups is 2. The first-order valence-corrected chi connectivity index (χ1v) is 26.4. The molecular weight excluding hydrogens is 813 g/mol. The summed E-state index contributed by atoms with van der Waals surface area (Å²) in [6.45, 7) is 7.33. The van der Waals surface area contributed by atoms with E-state index in [1.54, 1.807) is 0 Å². The molecule has 0 amide bonds. The van der Waals surface area contributed by atoms with Crippen LogP contribution < -0.4 is 0 Å². The van der Waals surface area contributed by atoms with Gasteiger partial charge < -0.3 is 14.2 Å². The van der Waals surface area contributed by atoms with Crippen molar-refractivity contribution < 1.29 is 23.8 Å². The molecule has 5 heteroatoms. The van der Waals surface area contributed by atoms with Crippen LogP contribution in [0.5, 0.6) is 0 Å². The van der Waals surface area contributed by atoms with E-state index in [4.69, 9.17) is 14.2 Å². The lowest BCUT2D eigenvalue weighted by molar-refractivity contribution is -0.162. The van der Waals surface area contributed by atoms with Crippen LogP contribution in [0.4, 0.5) is 0 Å². The van der Waals surface area contributed by atoms with Gasteiger partial charge in [-0.2, -0.15) is 0 Å². The zero-order valence-corrected chi connectivity index (χ0v) is 42.4. The Kier molecular flexibility index (Phi) is 51.6. The zero-order valence-electron chi connectivity index (χ0n) is 42.4. The van der Waals surface area contributed by atoms with Gasteiger partial charge in [0.2, 0.25) is 0 Å². The summed E-state index contributed by atoms with van der Waals surface area (Å²) in [6, 6.07) is 0. The number of esters is 2. The van der Waals surface area contributed by atoms with Crippen LogP contribution in [0, 0.1) is 0 Å². The van der Waals surface area contributed by atoms with E-state index in [1.807, 2.05) is 12.2 Å². The van der Waals surface area contributed by atoms with Crippen molar-refractivity contribution in [3.8, 4) is 0 Å². The predicted molar refractivity (Wildman–Crippen MR) is 288 cm³/mol. The quantitative estimate of drug-likeness (QED) is 0.0346. The molecule has 0 aromatic heterocycles. The highest BCUT2D eigenvalue weighted by Crippen LogP contribution is 2.12. The topological polar surface area (TPSA) is 61.8 Å². The van der Waals surface area contributed by atoms with Crippen molar-refractivity contribution in [1.82, 2.24) is 0 Å². The maximum Gasteiger partial charge on any atom is 0.310 e. The summed E-state index contributed by atoms with van der Waals surface area (Å²) >= 11 is 0. The number of unbranched alkanes of at least 4 members (excludes halogenated alkanes) is 12. The van der Waals surface area contributed by atoms with Crippen LogP contribution in [0.2, 0.25) is 0 Å². The molecule has 0 saturated heterocycles. The van der Waals surface area contributed by atoms with E-state index >= 15 is 0 Å². The third kappa shape index (κ3) is 52.4. The van der Waals surface area contributed by atoms with Crippen molar-refractivity contribution in [1.29, 1.82) is 0 Å². The Morgan fingerprint density at radius 3 is 1.17 bits per heavy atom. The monoisotopic (exact) mass is 909 g/mol. The minimum atomic E-state index is -0.628. The minimum absolute atomic E-state index is 0.0139. The molecule has 0 fully saturated rings. The fourth-order valence-electron chi connectivity index (χ4n) is 6.52. The van der Waals surface area contributed by atoms with E-state index in [1.165, 1.54) is 51.4 Å². The molecule has 0 aromatic carbocycles. The van der Waals surface area contributed by atoms with Crippen molar-refractivity contribution >= 4 is 11.9 Å². The lowest BCUT2D eigenvalue weighted by Crippen LogP contribution is -2.29. The van der Waals surface area contributed by atoms with E-state index < -0.39 is 6.10 Å². The van der Waals surface area contributed by atoms with Gasteiger partial charge in [0.05, 0.1) is 13.0 Å². The van der Waals surface area contributed by atoms with Crippen molar-refractivity contribution in [3.63, 3.8) is 0 Å². The molecule has 0 radical (unpaired) electrons. The molecule has 0 N–H and O–H groups in total. The molecule has 1 atom stereocenters. The number of hydrogen-bond donors (Lipinski definition) is 0. The third-order valence-electron chi connectivity index (χ3n) is 10.4. The van der Waals surface area contributed by atoms with Gasteiger partial charge in [0.25, 0.3) is 0 Å². The van der Waals surface area contributed by atoms with Crippen LogP contribution in [-0.4, -0.2) is 37.9 Å². The number of ether oxygens (including phenoxy) is 3. The smallest absolute Gasteiger partial charge is 0.310 e. The SMILES string of the molecule is CC/C=C\C/C=C\C/C=C\C/C=C\C/C=C\CCCCOCC(COC(=O)CCCCCCCCC/C=C\C/C=C\CCCCC)OC(=O)C/C=C\C/C=C\C/C=C\C/C=C\C/C=C\CC. The van der Waals surface area contributed by atoms with Crippen LogP contribution in [0.3, 0.4) is 0 Å². The zero-order chi connectivity index (χ0) is 47.7. The lowest BCUT2D eigenvalue weighted by atomic mass is 10.1. The largest absolute Gasteiger partial charge is 0.462 e. The highest BCUT2D eigenvalue weighted by molar-refractivity contribution is 5.71. The number of hydrogen-bond acceptors (Lipinski definition) is 5. The van der Waals surface area contributed by atoms with E-state index in [-0.39, 0.29) is 31.6 Å². The first kappa shape index (κ1) is 61.8. The normalized spacial score (nSPS) is 13.4. The molecule has 0 spiro atoms. The maximum atomic E-state index is 12.8. The van der Waals surface area contributed by atoms with Crippen molar-refractivity contribution in [2.24, 2.45) is 0 Å². The molecule has 0 saturated carbocycles. The van der Waals surface area contributed by atoms with Crippen molar-refractivity contribution in [3.05, 3.63) is 146 Å². The van der Waals surface area contributed by atoms with Gasteiger partial charge in [-0.25, -0.2) is 0 Å². The van der Waals surface area contributed by atoms with E-state index in [0.29, 0.717) is 13.0 Å². The summed E-state index contributed by atoms with van der Waals surface area (Å²) in [5.41, 5.74) is 0. The van der Waals surface area contributed by atoms with Crippen LogP contribution in [0.1, 0.15) is 201 Å². The summed E-state index contributed by atoms with van der Waals surface area (Å²) in [5, 5.41) is 0. The average molecular weight is 909 g/mol. The summed E-state index contributed by atoms with van der Waals surface area (Å²) < 4.78 is 17.3. The van der Waals surface area contributed by atoms with Gasteiger partial charge in [-0.15, -0.1) is 0 Å². The maximum absolute atomic E-state index is 12.8. The fraction of sp³-hybridized carbons (Fsp3) is 0.574. The third-order valence-corrected chi connectivity index (χ3v) is 10.4. The molecular formula is C61H96O5. The van der Waals surface area contributed by atoms with Gasteiger partial charge in [0.1, 0.15) is 6.61 Å². The molecule has 0 rings (SSSR count). The van der Waals surface area contributed by atoms with Crippen molar-refractivity contribution in [2.75, 3.05) is 19.8 Å². The minimum Gasteiger partial charge on any atom is -0.462 e. The molecule has 0 aromatic rings. The van der Waals surface area contributed by atoms with E-state index in [2.05, 4.69) is 154 Å². The molecule has 66 heavy (non-hydrogen) atoms. The van der Waals surface area contributed by atoms with Crippen LogP contribution >= 0.6 is 0 Å². The van der Waals surface area contributed by atoms with Crippen LogP contribution in [-0.2, 0) is 23.8 Å². The summed E-state index contributed by atoms with van der Waals surface area (Å²) in [4.78, 5) is 25.4. The van der Waals surface area contributed by atoms with Gasteiger partial charge >= 0.3 is 11.9 Å². The van der Waals surface area contributed by atoms with Gasteiger partial charge in [-0.1, -0.05) is 212 Å². The van der Waals surface area contributed by atoms with E-state index in [0.717, 1.165) is 116 Å². The lowest BCUT2D eigenvalue weighted by Gasteiger charge is -2.18.